The molecule has 2 N–H and O–H groups in total. The lowest BCUT2D eigenvalue weighted by atomic mass is 9.76. The Morgan fingerprint density at radius 3 is 2.27 bits per heavy atom. The predicted molar refractivity (Wildman–Crippen MR) is 98.3 cm³/mol. The lowest BCUT2D eigenvalue weighted by Crippen LogP contribution is -2.41. The monoisotopic (exact) mass is 390 g/mol. The Hall–Kier alpha value is -0.995. The molecule has 0 aliphatic carbocycles. The summed E-state index contributed by atoms with van der Waals surface area (Å²) in [6, 6.07) is 1.68. The molecule has 1 heterocycles. The van der Waals surface area contributed by atoms with Crippen molar-refractivity contribution in [1.29, 1.82) is 0 Å². The van der Waals surface area contributed by atoms with Crippen LogP contribution in [0.4, 0.5) is 4.39 Å². The van der Waals surface area contributed by atoms with Gasteiger partial charge in [0, 0.05) is 10.7 Å². The van der Waals surface area contributed by atoms with Crippen molar-refractivity contribution in [3.8, 4) is 0 Å². The first-order chi connectivity index (χ1) is 12.8. The molecule has 2 rings (SSSR count). The Balaban J connectivity index is 2.60. The third-order valence-electron chi connectivity index (χ3n) is 4.61. The van der Waals surface area contributed by atoms with Crippen LogP contribution < -0.4 is 10.2 Å². The van der Waals surface area contributed by atoms with E-state index in [-0.39, 0.29) is 12.0 Å². The van der Waals surface area contributed by atoms with Crippen LogP contribution in [0.2, 0.25) is 0 Å². The number of benzene rings is 1. The highest BCUT2D eigenvalue weighted by molar-refractivity contribution is 7.89. The van der Waals surface area contributed by atoms with Gasteiger partial charge in [0.25, 0.3) is 0 Å². The topological polar surface area (TPSA) is 84.9 Å². The second-order valence-corrected chi connectivity index (χ2v) is 9.86. The van der Waals surface area contributed by atoms with Crippen molar-refractivity contribution in [3.05, 3.63) is 23.5 Å². The Kier molecular flexibility index (Phi) is 4.32. The average molecular weight is 390 g/mol. The Labute approximate surface area is 159 Å². The summed E-state index contributed by atoms with van der Waals surface area (Å²) in [4.78, 5) is -0.489. The summed E-state index contributed by atoms with van der Waals surface area (Å²) in [5, 5.41) is 9.76. The number of rotatable bonds is 5. The Morgan fingerprint density at radius 1 is 1.27 bits per heavy atom. The number of hydrogen-bond donors (Lipinski definition) is 2. The highest BCUT2D eigenvalue weighted by atomic mass is 32.2. The van der Waals surface area contributed by atoms with Gasteiger partial charge in [-0.3, -0.25) is 0 Å². The maximum absolute atomic E-state index is 14.8. The second kappa shape index (κ2) is 6.56. The van der Waals surface area contributed by atoms with E-state index in [4.69, 9.17) is 13.4 Å². The average Bonchev–Trinajstić information content (AvgIpc) is 2.71. The fraction of sp³-hybridized carbons (Fsp3) is 0.647. The summed E-state index contributed by atoms with van der Waals surface area (Å²) in [5.41, 5.74) is -3.88. The van der Waals surface area contributed by atoms with E-state index < -0.39 is 57.1 Å². The normalized spacial score (nSPS) is 22.0. The lowest BCUT2D eigenvalue weighted by molar-refractivity contribution is 0.00578. The summed E-state index contributed by atoms with van der Waals surface area (Å²) >= 11 is 0. The van der Waals surface area contributed by atoms with E-state index in [9.17, 15) is 17.9 Å². The van der Waals surface area contributed by atoms with Gasteiger partial charge in [0.2, 0.25) is 10.0 Å². The van der Waals surface area contributed by atoms with E-state index in [1.165, 1.54) is 13.8 Å². The summed E-state index contributed by atoms with van der Waals surface area (Å²) in [6.45, 7) is 6.60. The molecule has 26 heavy (non-hydrogen) atoms. The molecule has 1 aliphatic heterocycles. The number of aliphatic hydroxyl groups is 1. The van der Waals surface area contributed by atoms with E-state index in [2.05, 4.69) is 4.72 Å². The van der Waals surface area contributed by atoms with Crippen molar-refractivity contribution in [2.75, 3.05) is 6.54 Å². The molecule has 0 spiro atoms. The van der Waals surface area contributed by atoms with Crippen LogP contribution in [0.25, 0.3) is 0 Å². The SMILES string of the molecule is [2H]C([2H])([2H])c1c(F)cc(S(=O)(=O)NCC(C)(C)O)cc1B1OC(C)(C)C(C)(C)O1. The van der Waals surface area contributed by atoms with Crippen LogP contribution in [-0.4, -0.2) is 44.0 Å². The molecule has 9 heteroatoms. The lowest BCUT2D eigenvalue weighted by Gasteiger charge is -2.32. The van der Waals surface area contributed by atoms with Crippen molar-refractivity contribution in [1.82, 2.24) is 4.72 Å². The van der Waals surface area contributed by atoms with Gasteiger partial charge in [0.1, 0.15) is 5.82 Å². The second-order valence-electron chi connectivity index (χ2n) is 8.09. The maximum Gasteiger partial charge on any atom is 0.495 e. The molecule has 1 fully saturated rings. The molecule has 0 saturated carbocycles. The van der Waals surface area contributed by atoms with E-state index in [0.717, 1.165) is 6.07 Å². The Bertz CT molecular complexity index is 882. The van der Waals surface area contributed by atoms with Crippen molar-refractivity contribution in [2.45, 2.75) is 70.1 Å². The van der Waals surface area contributed by atoms with Crippen LogP contribution in [0.15, 0.2) is 17.0 Å². The molecule has 0 unspecified atom stereocenters. The molecule has 0 aromatic heterocycles. The highest BCUT2D eigenvalue weighted by Gasteiger charge is 2.52. The smallest absolute Gasteiger partial charge is 0.399 e. The number of hydrogen-bond acceptors (Lipinski definition) is 5. The molecule has 1 aromatic rings. The summed E-state index contributed by atoms with van der Waals surface area (Å²) in [7, 11) is -5.50. The number of halogens is 1. The first-order valence-electron chi connectivity index (χ1n) is 9.68. The van der Waals surface area contributed by atoms with Gasteiger partial charge in [0.15, 0.2) is 0 Å². The molecule has 146 valence electrons. The molecule has 6 nitrogen and oxygen atoms in total. The van der Waals surface area contributed by atoms with Gasteiger partial charge in [-0.25, -0.2) is 17.5 Å². The van der Waals surface area contributed by atoms with Crippen molar-refractivity contribution in [2.24, 2.45) is 0 Å². The standard InChI is InChI=1S/C17H27BFNO5S/c1-11-13(18-24-16(4,5)17(6,7)25-18)8-12(9-14(11)19)26(22,23)20-10-15(2,3)21/h8-9,20-21H,10H2,1-7H3/i1D3. The van der Waals surface area contributed by atoms with Crippen molar-refractivity contribution >= 4 is 22.6 Å². The van der Waals surface area contributed by atoms with E-state index in [1.807, 2.05) is 0 Å². The quantitative estimate of drug-likeness (QED) is 0.745. The summed E-state index contributed by atoms with van der Waals surface area (Å²) in [5.74, 6) is -1.21. The highest BCUT2D eigenvalue weighted by Crippen LogP contribution is 2.37. The fourth-order valence-corrected chi connectivity index (χ4v) is 3.52. The van der Waals surface area contributed by atoms with Crippen LogP contribution in [0.1, 0.15) is 51.2 Å². The molecule has 0 atom stereocenters. The van der Waals surface area contributed by atoms with E-state index in [1.54, 1.807) is 27.7 Å². The largest absolute Gasteiger partial charge is 0.495 e. The maximum atomic E-state index is 14.8. The molecule has 1 aliphatic rings. The van der Waals surface area contributed by atoms with Gasteiger partial charge in [-0.1, -0.05) is 0 Å². The Morgan fingerprint density at radius 2 is 1.81 bits per heavy atom. The molecular weight excluding hydrogens is 360 g/mol. The first kappa shape index (κ1) is 17.1. The van der Waals surface area contributed by atoms with E-state index >= 15 is 0 Å². The van der Waals surface area contributed by atoms with Gasteiger partial charge in [-0.15, -0.1) is 0 Å². The third-order valence-corrected chi connectivity index (χ3v) is 5.99. The van der Waals surface area contributed by atoms with E-state index in [0.29, 0.717) is 6.07 Å². The molecule has 1 aromatic carbocycles. The van der Waals surface area contributed by atoms with Gasteiger partial charge in [0.05, 0.1) is 21.7 Å². The molecule has 0 amide bonds. The third kappa shape index (κ3) is 4.28. The number of sulfonamides is 1. The van der Waals surface area contributed by atoms with Crippen molar-refractivity contribution < 1.29 is 31.3 Å². The van der Waals surface area contributed by atoms with Gasteiger partial charge in [-0.05, 0) is 71.6 Å². The van der Waals surface area contributed by atoms with Gasteiger partial charge < -0.3 is 14.4 Å². The number of nitrogens with one attached hydrogen (secondary N) is 1. The van der Waals surface area contributed by atoms with Crippen LogP contribution in [0, 0.1) is 12.7 Å². The van der Waals surface area contributed by atoms with Crippen LogP contribution in [0.5, 0.6) is 0 Å². The zero-order chi connectivity index (χ0) is 22.6. The minimum absolute atomic E-state index is 0.215. The summed E-state index contributed by atoms with van der Waals surface area (Å²) in [6.07, 6.45) is 0. The van der Waals surface area contributed by atoms with Crippen LogP contribution in [0.3, 0.4) is 0 Å². The molecule has 1 saturated heterocycles. The minimum atomic E-state index is -4.23. The molecular formula is C17H27BFNO5S. The molecule has 0 bridgehead atoms. The predicted octanol–water partition coefficient (Wildman–Crippen LogP) is 1.48. The minimum Gasteiger partial charge on any atom is -0.399 e. The molecule has 0 radical (unpaired) electrons. The van der Waals surface area contributed by atoms with Gasteiger partial charge >= 0.3 is 7.12 Å². The fourth-order valence-electron chi connectivity index (χ4n) is 2.27. The zero-order valence-electron chi connectivity index (χ0n) is 18.8. The van der Waals surface area contributed by atoms with Crippen molar-refractivity contribution in [3.63, 3.8) is 0 Å². The van der Waals surface area contributed by atoms with Crippen LogP contribution >= 0.6 is 0 Å². The zero-order valence-corrected chi connectivity index (χ0v) is 16.6. The van der Waals surface area contributed by atoms with Crippen LogP contribution in [-0.2, 0) is 19.3 Å². The van der Waals surface area contributed by atoms with Gasteiger partial charge in [-0.2, -0.15) is 0 Å². The first-order valence-corrected chi connectivity index (χ1v) is 9.67. The summed E-state index contributed by atoms with van der Waals surface area (Å²) < 4.78 is 77.0.